The maximum absolute atomic E-state index is 5.53. The van der Waals surface area contributed by atoms with Gasteiger partial charge in [-0.25, -0.2) is 0 Å². The van der Waals surface area contributed by atoms with Gasteiger partial charge >= 0.3 is 0 Å². The van der Waals surface area contributed by atoms with Crippen LogP contribution in [-0.2, 0) is 0 Å². The van der Waals surface area contributed by atoms with Crippen molar-refractivity contribution in [1.82, 2.24) is 5.43 Å². The lowest BCUT2D eigenvalue weighted by molar-refractivity contribution is -0.915. The zero-order valence-electron chi connectivity index (χ0n) is 6.81. The molecule has 0 saturated carbocycles. The molecule has 3 heteroatoms. The topological polar surface area (TPSA) is 38.0 Å². The molecule has 0 aliphatic carbocycles. The first-order valence-corrected chi connectivity index (χ1v) is 3.24. The molecule has 0 heterocycles. The van der Waals surface area contributed by atoms with Crippen LogP contribution in [0.1, 0.15) is 6.92 Å². The van der Waals surface area contributed by atoms with Crippen molar-refractivity contribution < 1.29 is 4.59 Å². The predicted molar refractivity (Wildman–Crippen MR) is 39.7 cm³/mol. The molecule has 1 atom stereocenters. The lowest BCUT2D eigenvalue weighted by Crippen LogP contribution is -2.51. The van der Waals surface area contributed by atoms with Crippen molar-refractivity contribution >= 4 is 0 Å². The van der Waals surface area contributed by atoms with Crippen LogP contribution in [0.3, 0.4) is 0 Å². The zero-order valence-corrected chi connectivity index (χ0v) is 6.81. The normalized spacial score (nSPS) is 15.7. The summed E-state index contributed by atoms with van der Waals surface area (Å²) >= 11 is 0. The zero-order chi connectivity index (χ0) is 7.49. The van der Waals surface area contributed by atoms with Crippen LogP contribution in [0.15, 0.2) is 0 Å². The van der Waals surface area contributed by atoms with Crippen molar-refractivity contribution in [3.8, 4) is 0 Å². The van der Waals surface area contributed by atoms with Crippen LogP contribution in [0.5, 0.6) is 0 Å². The van der Waals surface area contributed by atoms with Gasteiger partial charge in [0.25, 0.3) is 0 Å². The van der Waals surface area contributed by atoms with Gasteiger partial charge in [-0.05, 0) is 6.92 Å². The molecule has 0 saturated heterocycles. The molecule has 0 aromatic carbocycles. The highest BCUT2D eigenvalue weighted by molar-refractivity contribution is 4.50. The number of nitrogens with zero attached hydrogens (tertiary/aromatic N) is 1. The molecular formula is C6H18N3+. The largest absolute Gasteiger partial charge is 0.327 e. The quantitative estimate of drug-likeness (QED) is 0.403. The SMILES string of the molecule is CC(N)CN[N+](C)(C)C. The number of nitrogens with one attached hydrogen (secondary N) is 1. The first-order valence-electron chi connectivity index (χ1n) is 3.24. The molecule has 3 N–H and O–H groups in total. The molecule has 0 fully saturated rings. The molecule has 0 amide bonds. The molecule has 0 radical (unpaired) electrons. The van der Waals surface area contributed by atoms with E-state index in [0.29, 0.717) is 0 Å². The summed E-state index contributed by atoms with van der Waals surface area (Å²) in [5, 5.41) is 0. The van der Waals surface area contributed by atoms with Crippen molar-refractivity contribution in [2.45, 2.75) is 13.0 Å². The summed E-state index contributed by atoms with van der Waals surface area (Å²) in [7, 11) is 6.22. The Balaban J connectivity index is 3.28. The van der Waals surface area contributed by atoms with E-state index in [-0.39, 0.29) is 6.04 Å². The van der Waals surface area contributed by atoms with Gasteiger partial charge in [-0.1, -0.05) is 0 Å². The maximum atomic E-state index is 5.53. The van der Waals surface area contributed by atoms with Crippen LogP contribution in [0, 0.1) is 0 Å². The summed E-state index contributed by atoms with van der Waals surface area (Å²) in [5.74, 6) is 0. The molecular weight excluding hydrogens is 114 g/mol. The van der Waals surface area contributed by atoms with E-state index in [9.17, 15) is 0 Å². The van der Waals surface area contributed by atoms with Crippen molar-refractivity contribution in [2.24, 2.45) is 5.73 Å². The highest BCUT2D eigenvalue weighted by atomic mass is 15.6. The van der Waals surface area contributed by atoms with Gasteiger partial charge in [-0.3, -0.25) is 4.59 Å². The van der Waals surface area contributed by atoms with Crippen LogP contribution >= 0.6 is 0 Å². The Morgan fingerprint density at radius 1 is 1.44 bits per heavy atom. The van der Waals surface area contributed by atoms with Crippen molar-refractivity contribution in [3.63, 3.8) is 0 Å². The van der Waals surface area contributed by atoms with Crippen LogP contribution < -0.4 is 11.2 Å². The Morgan fingerprint density at radius 2 is 1.89 bits per heavy atom. The average molecular weight is 132 g/mol. The Labute approximate surface area is 57.4 Å². The third-order valence-corrected chi connectivity index (χ3v) is 0.888. The summed E-state index contributed by atoms with van der Waals surface area (Å²) in [6.45, 7) is 2.85. The Hall–Kier alpha value is -0.120. The molecule has 0 aliphatic rings. The second kappa shape index (κ2) is 3.15. The second-order valence-electron chi connectivity index (χ2n) is 3.35. The van der Waals surface area contributed by atoms with Crippen molar-refractivity contribution in [3.05, 3.63) is 0 Å². The van der Waals surface area contributed by atoms with Gasteiger partial charge in [0, 0.05) is 6.04 Å². The Kier molecular flexibility index (Phi) is 3.11. The van der Waals surface area contributed by atoms with E-state index in [2.05, 4.69) is 26.6 Å². The van der Waals surface area contributed by atoms with Crippen LogP contribution in [0.2, 0.25) is 0 Å². The molecule has 0 rings (SSSR count). The van der Waals surface area contributed by atoms with E-state index in [1.807, 2.05) is 6.92 Å². The van der Waals surface area contributed by atoms with Gasteiger partial charge in [0.1, 0.15) is 0 Å². The van der Waals surface area contributed by atoms with Gasteiger partial charge in [0.15, 0.2) is 0 Å². The predicted octanol–water partition coefficient (Wildman–Crippen LogP) is -0.456. The monoisotopic (exact) mass is 132 g/mol. The van der Waals surface area contributed by atoms with E-state index >= 15 is 0 Å². The molecule has 9 heavy (non-hydrogen) atoms. The number of quaternary nitrogens is 1. The summed E-state index contributed by atoms with van der Waals surface area (Å²) < 4.78 is 0.765. The third-order valence-electron chi connectivity index (χ3n) is 0.888. The highest BCUT2D eigenvalue weighted by Crippen LogP contribution is 1.81. The Bertz CT molecular complexity index is 72.9. The van der Waals surface area contributed by atoms with Gasteiger partial charge in [-0.2, -0.15) is 5.43 Å². The minimum absolute atomic E-state index is 0.238. The number of hydrogen-bond donors (Lipinski definition) is 2. The number of nitrogens with two attached hydrogens (primary N) is 1. The molecule has 56 valence electrons. The van der Waals surface area contributed by atoms with Gasteiger partial charge < -0.3 is 5.73 Å². The first-order chi connectivity index (χ1) is 3.92. The standard InChI is InChI=1S/C6H18N3/c1-6(7)5-8-9(2,3)4/h6,8H,5,7H2,1-4H3/q+1. The molecule has 0 aromatic rings. The fourth-order valence-corrected chi connectivity index (χ4v) is 0.418. The fourth-order valence-electron chi connectivity index (χ4n) is 0.418. The summed E-state index contributed by atoms with van der Waals surface area (Å²) in [6.07, 6.45) is 0. The lowest BCUT2D eigenvalue weighted by atomic mass is 10.4. The number of rotatable bonds is 3. The molecule has 0 spiro atoms. The van der Waals surface area contributed by atoms with Gasteiger partial charge in [-0.15, -0.1) is 0 Å². The minimum Gasteiger partial charge on any atom is -0.327 e. The molecule has 0 aliphatic heterocycles. The summed E-state index contributed by atoms with van der Waals surface area (Å²) in [6, 6.07) is 0.238. The molecule has 3 nitrogen and oxygen atoms in total. The van der Waals surface area contributed by atoms with E-state index < -0.39 is 0 Å². The summed E-state index contributed by atoms with van der Waals surface area (Å²) in [4.78, 5) is 0. The van der Waals surface area contributed by atoms with E-state index in [0.717, 1.165) is 11.1 Å². The summed E-state index contributed by atoms with van der Waals surface area (Å²) in [5.41, 5.74) is 8.76. The first kappa shape index (κ1) is 8.88. The van der Waals surface area contributed by atoms with Gasteiger partial charge in [0.2, 0.25) is 0 Å². The van der Waals surface area contributed by atoms with E-state index in [4.69, 9.17) is 5.73 Å². The van der Waals surface area contributed by atoms with Crippen molar-refractivity contribution in [1.29, 1.82) is 0 Å². The van der Waals surface area contributed by atoms with Crippen LogP contribution in [-0.4, -0.2) is 38.3 Å². The fraction of sp³-hybridized carbons (Fsp3) is 1.00. The van der Waals surface area contributed by atoms with Crippen molar-refractivity contribution in [2.75, 3.05) is 27.7 Å². The maximum Gasteiger partial charge on any atom is 0.0853 e. The molecule has 0 aromatic heterocycles. The van der Waals surface area contributed by atoms with Crippen LogP contribution in [0.4, 0.5) is 0 Å². The van der Waals surface area contributed by atoms with E-state index in [1.54, 1.807) is 0 Å². The minimum atomic E-state index is 0.238. The third kappa shape index (κ3) is 7.88. The highest BCUT2D eigenvalue weighted by Gasteiger charge is 2.05. The van der Waals surface area contributed by atoms with Crippen LogP contribution in [0.25, 0.3) is 0 Å². The van der Waals surface area contributed by atoms with Gasteiger partial charge in [0.05, 0.1) is 27.7 Å². The number of hydrogen-bond acceptors (Lipinski definition) is 2. The second-order valence-corrected chi connectivity index (χ2v) is 3.35. The smallest absolute Gasteiger partial charge is 0.0853 e. The average Bonchev–Trinajstić information content (AvgIpc) is 1.59. The Morgan fingerprint density at radius 3 is 2.00 bits per heavy atom. The molecule has 1 unspecified atom stereocenters. The van der Waals surface area contributed by atoms with E-state index in [1.165, 1.54) is 0 Å². The molecule has 0 bridgehead atoms. The lowest BCUT2D eigenvalue weighted by Gasteiger charge is -2.24.